The van der Waals surface area contributed by atoms with Gasteiger partial charge in [-0.3, -0.25) is 9.79 Å². The Bertz CT molecular complexity index is 488. The van der Waals surface area contributed by atoms with Crippen LogP contribution in [0.5, 0.6) is 0 Å². The minimum Gasteiger partial charge on any atom is -0.370 e. The fourth-order valence-corrected chi connectivity index (χ4v) is 1.62. The minimum absolute atomic E-state index is 0.153. The van der Waals surface area contributed by atoms with Gasteiger partial charge in [-0.05, 0) is 23.6 Å². The Morgan fingerprint density at radius 3 is 2.71 bits per heavy atom. The van der Waals surface area contributed by atoms with Crippen molar-refractivity contribution in [2.45, 2.75) is 20.3 Å². The number of carbonyl (C=O) groups excluding carboxylic acids is 1. The van der Waals surface area contributed by atoms with Crippen LogP contribution in [0, 0.1) is 11.7 Å². The molecule has 0 radical (unpaired) electrons. The summed E-state index contributed by atoms with van der Waals surface area (Å²) >= 11 is 0. The van der Waals surface area contributed by atoms with Gasteiger partial charge >= 0.3 is 0 Å². The number of carbonyl (C=O) groups is 1. The van der Waals surface area contributed by atoms with E-state index in [1.54, 1.807) is 12.1 Å². The molecular formula is C15H23FN4O. The molecule has 1 rings (SSSR count). The van der Waals surface area contributed by atoms with Gasteiger partial charge in [-0.15, -0.1) is 0 Å². The van der Waals surface area contributed by atoms with Crippen LogP contribution in [0.2, 0.25) is 0 Å². The second-order valence-electron chi connectivity index (χ2n) is 5.20. The number of benzene rings is 1. The zero-order chi connectivity index (χ0) is 15.7. The van der Waals surface area contributed by atoms with Crippen LogP contribution < -0.4 is 16.4 Å². The van der Waals surface area contributed by atoms with Crippen LogP contribution in [0.15, 0.2) is 29.3 Å². The van der Waals surface area contributed by atoms with Gasteiger partial charge in [-0.25, -0.2) is 4.39 Å². The smallest absolute Gasteiger partial charge is 0.224 e. The molecule has 0 saturated carbocycles. The molecule has 0 aromatic heterocycles. The average molecular weight is 294 g/mol. The van der Waals surface area contributed by atoms with Crippen LogP contribution >= 0.6 is 0 Å². The highest BCUT2D eigenvalue weighted by molar-refractivity contribution is 5.79. The summed E-state index contributed by atoms with van der Waals surface area (Å²) in [6.45, 7) is 5.73. The summed E-state index contributed by atoms with van der Waals surface area (Å²) in [4.78, 5) is 15.8. The van der Waals surface area contributed by atoms with Crippen LogP contribution in [0.25, 0.3) is 0 Å². The fourth-order valence-electron chi connectivity index (χ4n) is 1.62. The second kappa shape index (κ2) is 8.94. The highest BCUT2D eigenvalue weighted by Crippen LogP contribution is 2.03. The maximum atomic E-state index is 13.0. The third-order valence-electron chi connectivity index (χ3n) is 2.63. The molecule has 0 spiro atoms. The van der Waals surface area contributed by atoms with Gasteiger partial charge in [0.25, 0.3) is 0 Å². The van der Waals surface area contributed by atoms with Crippen molar-refractivity contribution in [2.24, 2.45) is 16.6 Å². The number of nitrogens with zero attached hydrogens (tertiary/aromatic N) is 1. The Balaban J connectivity index is 2.20. The summed E-state index contributed by atoms with van der Waals surface area (Å²) in [6, 6.07) is 6.02. The maximum Gasteiger partial charge on any atom is 0.224 e. The van der Waals surface area contributed by atoms with Crippen molar-refractivity contribution in [2.75, 3.05) is 19.6 Å². The zero-order valence-electron chi connectivity index (χ0n) is 12.5. The van der Waals surface area contributed by atoms with Crippen LogP contribution in [-0.2, 0) is 11.2 Å². The number of rotatable bonds is 7. The molecule has 5 nitrogen and oxygen atoms in total. The third kappa shape index (κ3) is 7.91. The topological polar surface area (TPSA) is 79.5 Å². The molecule has 0 unspecified atom stereocenters. The van der Waals surface area contributed by atoms with Crippen molar-refractivity contribution in [1.82, 2.24) is 10.6 Å². The van der Waals surface area contributed by atoms with E-state index < -0.39 is 0 Å². The van der Waals surface area contributed by atoms with E-state index >= 15 is 0 Å². The van der Waals surface area contributed by atoms with Crippen molar-refractivity contribution >= 4 is 11.9 Å². The first kappa shape index (κ1) is 16.9. The van der Waals surface area contributed by atoms with Crippen molar-refractivity contribution < 1.29 is 9.18 Å². The first-order valence-electron chi connectivity index (χ1n) is 7.02. The summed E-state index contributed by atoms with van der Waals surface area (Å²) in [5.74, 6) is 0.343. The van der Waals surface area contributed by atoms with Crippen molar-refractivity contribution in [3.8, 4) is 0 Å². The van der Waals surface area contributed by atoms with E-state index in [0.717, 1.165) is 0 Å². The Morgan fingerprint density at radius 1 is 1.33 bits per heavy atom. The predicted octanol–water partition coefficient (Wildman–Crippen LogP) is 1.04. The first-order valence-corrected chi connectivity index (χ1v) is 7.02. The van der Waals surface area contributed by atoms with Gasteiger partial charge in [-0.2, -0.15) is 0 Å². The van der Waals surface area contributed by atoms with E-state index in [4.69, 9.17) is 5.73 Å². The summed E-state index contributed by atoms with van der Waals surface area (Å²) < 4.78 is 13.0. The van der Waals surface area contributed by atoms with E-state index in [1.165, 1.54) is 12.1 Å². The molecule has 1 amide bonds. The van der Waals surface area contributed by atoms with Gasteiger partial charge in [0.1, 0.15) is 5.82 Å². The molecule has 116 valence electrons. The number of guanidine groups is 1. The lowest BCUT2D eigenvalue weighted by Crippen LogP contribution is -2.39. The van der Waals surface area contributed by atoms with Crippen molar-refractivity contribution in [1.29, 1.82) is 0 Å². The van der Waals surface area contributed by atoms with E-state index in [9.17, 15) is 9.18 Å². The SMILES string of the molecule is CC(C)CN=C(N)NCCNC(=O)Cc1cccc(F)c1. The summed E-state index contributed by atoms with van der Waals surface area (Å²) in [7, 11) is 0. The molecule has 21 heavy (non-hydrogen) atoms. The summed E-state index contributed by atoms with van der Waals surface area (Å²) in [6.07, 6.45) is 0.161. The fraction of sp³-hybridized carbons (Fsp3) is 0.467. The number of nitrogens with two attached hydrogens (primary N) is 1. The van der Waals surface area contributed by atoms with Gasteiger partial charge in [0.2, 0.25) is 5.91 Å². The highest BCUT2D eigenvalue weighted by Gasteiger charge is 2.03. The molecule has 1 aromatic rings. The monoisotopic (exact) mass is 294 g/mol. The number of hydrogen-bond donors (Lipinski definition) is 3. The Hall–Kier alpha value is -2.11. The summed E-state index contributed by atoms with van der Waals surface area (Å²) in [5, 5.41) is 5.66. The molecular weight excluding hydrogens is 271 g/mol. The standard InChI is InChI=1S/C15H23FN4O/c1-11(2)10-20-15(17)19-7-6-18-14(21)9-12-4-3-5-13(16)8-12/h3-5,8,11H,6-7,9-10H2,1-2H3,(H,18,21)(H3,17,19,20). The van der Waals surface area contributed by atoms with Crippen LogP contribution in [-0.4, -0.2) is 31.5 Å². The van der Waals surface area contributed by atoms with Gasteiger partial charge in [0, 0.05) is 19.6 Å². The van der Waals surface area contributed by atoms with Crippen molar-refractivity contribution in [3.05, 3.63) is 35.6 Å². The first-order chi connectivity index (χ1) is 9.97. The maximum absolute atomic E-state index is 13.0. The zero-order valence-corrected chi connectivity index (χ0v) is 12.5. The second-order valence-corrected chi connectivity index (χ2v) is 5.20. The van der Waals surface area contributed by atoms with Crippen LogP contribution in [0.4, 0.5) is 4.39 Å². The largest absolute Gasteiger partial charge is 0.370 e. The number of hydrogen-bond acceptors (Lipinski definition) is 2. The molecule has 0 fully saturated rings. The Labute approximate surface area is 124 Å². The molecule has 0 aliphatic carbocycles. The quantitative estimate of drug-likeness (QED) is 0.399. The molecule has 0 bridgehead atoms. The van der Waals surface area contributed by atoms with E-state index in [-0.39, 0.29) is 18.1 Å². The number of aliphatic imine (C=N–C) groups is 1. The predicted molar refractivity (Wildman–Crippen MR) is 82.4 cm³/mol. The average Bonchev–Trinajstić information content (AvgIpc) is 2.41. The molecule has 0 heterocycles. The lowest BCUT2D eigenvalue weighted by atomic mass is 10.1. The van der Waals surface area contributed by atoms with Crippen LogP contribution in [0.1, 0.15) is 19.4 Å². The molecule has 4 N–H and O–H groups in total. The van der Waals surface area contributed by atoms with Gasteiger partial charge in [-0.1, -0.05) is 26.0 Å². The third-order valence-corrected chi connectivity index (χ3v) is 2.63. The lowest BCUT2D eigenvalue weighted by Gasteiger charge is -2.08. The molecule has 0 saturated heterocycles. The number of nitrogens with one attached hydrogen (secondary N) is 2. The number of amides is 1. The highest BCUT2D eigenvalue weighted by atomic mass is 19.1. The van der Waals surface area contributed by atoms with Gasteiger partial charge < -0.3 is 16.4 Å². The molecule has 1 aromatic carbocycles. The Kier molecular flexibility index (Phi) is 7.21. The Morgan fingerprint density at radius 2 is 2.05 bits per heavy atom. The molecule has 6 heteroatoms. The van der Waals surface area contributed by atoms with E-state index in [2.05, 4.69) is 29.5 Å². The van der Waals surface area contributed by atoms with Gasteiger partial charge in [0.05, 0.1) is 6.42 Å². The molecule has 0 atom stereocenters. The normalized spacial score (nSPS) is 11.5. The number of halogens is 1. The van der Waals surface area contributed by atoms with E-state index in [0.29, 0.717) is 37.1 Å². The van der Waals surface area contributed by atoms with Crippen molar-refractivity contribution in [3.63, 3.8) is 0 Å². The lowest BCUT2D eigenvalue weighted by molar-refractivity contribution is -0.120. The minimum atomic E-state index is -0.337. The van der Waals surface area contributed by atoms with Gasteiger partial charge in [0.15, 0.2) is 5.96 Å². The van der Waals surface area contributed by atoms with Crippen LogP contribution in [0.3, 0.4) is 0 Å². The summed E-state index contributed by atoms with van der Waals surface area (Å²) in [5.41, 5.74) is 6.31. The molecule has 0 aliphatic rings. The van der Waals surface area contributed by atoms with E-state index in [1.807, 2.05) is 0 Å². The molecule has 0 aliphatic heterocycles.